The van der Waals surface area contributed by atoms with Crippen LogP contribution in [0.5, 0.6) is 0 Å². The third-order valence-corrected chi connectivity index (χ3v) is 7.48. The maximum absolute atomic E-state index is 12.7. The summed E-state index contributed by atoms with van der Waals surface area (Å²) in [6.45, 7) is 2.79. The fourth-order valence-corrected chi connectivity index (χ4v) is 5.42. The molecule has 0 saturated carbocycles. The molecule has 0 aliphatic heterocycles. The Morgan fingerprint density at radius 3 is 2.65 bits per heavy atom. The Balaban J connectivity index is 1.41. The van der Waals surface area contributed by atoms with Crippen LogP contribution in [0.3, 0.4) is 0 Å². The summed E-state index contributed by atoms with van der Waals surface area (Å²) in [6, 6.07) is 19.4. The van der Waals surface area contributed by atoms with Crippen LogP contribution in [0, 0.1) is 0 Å². The number of nitrogens with one attached hydrogen (secondary N) is 1. The second kappa shape index (κ2) is 10.4. The molecule has 2 heterocycles. The van der Waals surface area contributed by atoms with E-state index >= 15 is 0 Å². The van der Waals surface area contributed by atoms with Gasteiger partial charge in [0, 0.05) is 21.4 Å². The van der Waals surface area contributed by atoms with Crippen LogP contribution in [0.4, 0.5) is 5.69 Å². The third kappa shape index (κ3) is 5.51. The van der Waals surface area contributed by atoms with E-state index in [0.717, 1.165) is 37.9 Å². The van der Waals surface area contributed by atoms with Crippen molar-refractivity contribution in [3.63, 3.8) is 0 Å². The van der Waals surface area contributed by atoms with E-state index in [2.05, 4.69) is 22.4 Å². The second-order valence-electron chi connectivity index (χ2n) is 6.42. The van der Waals surface area contributed by atoms with Crippen molar-refractivity contribution in [3.05, 3.63) is 71.1 Å². The maximum Gasteiger partial charge on any atom is 0.234 e. The summed E-state index contributed by atoms with van der Waals surface area (Å²) in [4.78, 5) is 15.7. The molecule has 4 rings (SSSR count). The van der Waals surface area contributed by atoms with E-state index in [1.54, 1.807) is 23.1 Å². The van der Waals surface area contributed by atoms with Crippen molar-refractivity contribution in [2.45, 2.75) is 28.4 Å². The predicted octanol–water partition coefficient (Wildman–Crippen LogP) is 6.56. The van der Waals surface area contributed by atoms with Gasteiger partial charge in [0.25, 0.3) is 0 Å². The number of thioether (sulfide) groups is 1. The van der Waals surface area contributed by atoms with Gasteiger partial charge < -0.3 is 9.88 Å². The number of para-hydroxylation sites is 1. The van der Waals surface area contributed by atoms with Crippen molar-refractivity contribution < 1.29 is 4.79 Å². The molecule has 0 atom stereocenters. The molecule has 0 aliphatic rings. The van der Waals surface area contributed by atoms with Crippen molar-refractivity contribution in [2.75, 3.05) is 11.1 Å². The standard InChI is InChI=1S/C22H19ClN4OS3/c1-2-27-21(19-8-5-13-29-19)25-26-22(27)30-14-20(28)24-17-6-3-4-7-18(17)31-16-11-9-15(23)10-12-16/h3-13H,2,14H2,1H3,(H,24,28). The van der Waals surface area contributed by atoms with Gasteiger partial charge in [-0.2, -0.15) is 0 Å². The van der Waals surface area contributed by atoms with Crippen LogP contribution in [0.2, 0.25) is 5.02 Å². The largest absolute Gasteiger partial charge is 0.324 e. The van der Waals surface area contributed by atoms with Gasteiger partial charge in [0.15, 0.2) is 11.0 Å². The van der Waals surface area contributed by atoms with Gasteiger partial charge in [0.05, 0.1) is 16.3 Å². The minimum Gasteiger partial charge on any atom is -0.324 e. The van der Waals surface area contributed by atoms with E-state index in [-0.39, 0.29) is 11.7 Å². The van der Waals surface area contributed by atoms with E-state index in [1.807, 2.05) is 70.6 Å². The summed E-state index contributed by atoms with van der Waals surface area (Å²) in [6.07, 6.45) is 0. The summed E-state index contributed by atoms with van der Waals surface area (Å²) < 4.78 is 2.04. The Bertz CT molecular complexity index is 1160. The topological polar surface area (TPSA) is 59.8 Å². The van der Waals surface area contributed by atoms with Gasteiger partial charge >= 0.3 is 0 Å². The zero-order chi connectivity index (χ0) is 21.6. The van der Waals surface area contributed by atoms with Crippen LogP contribution in [0.1, 0.15) is 6.92 Å². The van der Waals surface area contributed by atoms with Crippen LogP contribution in [-0.4, -0.2) is 26.4 Å². The third-order valence-electron chi connectivity index (χ3n) is 4.31. The van der Waals surface area contributed by atoms with Gasteiger partial charge in [-0.25, -0.2) is 0 Å². The molecule has 1 amide bonds. The number of carbonyl (C=O) groups is 1. The molecule has 0 aliphatic carbocycles. The molecule has 4 aromatic rings. The highest BCUT2D eigenvalue weighted by atomic mass is 35.5. The highest BCUT2D eigenvalue weighted by molar-refractivity contribution is 8.00. The van der Waals surface area contributed by atoms with Gasteiger partial charge in [0.1, 0.15) is 0 Å². The summed E-state index contributed by atoms with van der Waals surface area (Å²) >= 11 is 10.6. The molecule has 0 radical (unpaired) electrons. The number of aromatic nitrogens is 3. The molecule has 0 spiro atoms. The van der Waals surface area contributed by atoms with E-state index in [0.29, 0.717) is 5.02 Å². The van der Waals surface area contributed by atoms with Crippen molar-refractivity contribution >= 4 is 58.1 Å². The molecule has 0 saturated heterocycles. The number of anilines is 1. The van der Waals surface area contributed by atoms with Crippen molar-refractivity contribution in [1.29, 1.82) is 0 Å². The van der Waals surface area contributed by atoms with Crippen LogP contribution in [-0.2, 0) is 11.3 Å². The lowest BCUT2D eigenvalue weighted by Gasteiger charge is -2.11. The molecular weight excluding hydrogens is 468 g/mol. The minimum absolute atomic E-state index is 0.0857. The molecule has 0 bridgehead atoms. The lowest BCUT2D eigenvalue weighted by Crippen LogP contribution is -2.15. The SMILES string of the molecule is CCn1c(SCC(=O)Nc2ccccc2Sc2ccc(Cl)cc2)nnc1-c1cccs1. The smallest absolute Gasteiger partial charge is 0.234 e. The minimum atomic E-state index is -0.0857. The first kappa shape index (κ1) is 22.0. The van der Waals surface area contributed by atoms with Crippen LogP contribution in [0.25, 0.3) is 10.7 Å². The Labute approximate surface area is 198 Å². The maximum atomic E-state index is 12.7. The van der Waals surface area contributed by atoms with Gasteiger partial charge in [-0.3, -0.25) is 4.79 Å². The molecule has 0 fully saturated rings. The van der Waals surface area contributed by atoms with E-state index in [9.17, 15) is 4.79 Å². The number of hydrogen-bond donors (Lipinski definition) is 1. The quantitative estimate of drug-likeness (QED) is 0.286. The Morgan fingerprint density at radius 1 is 1.10 bits per heavy atom. The zero-order valence-electron chi connectivity index (χ0n) is 16.6. The Hall–Kier alpha value is -2.26. The van der Waals surface area contributed by atoms with Crippen molar-refractivity contribution in [3.8, 4) is 10.7 Å². The fraction of sp³-hybridized carbons (Fsp3) is 0.136. The molecule has 2 aromatic heterocycles. The average Bonchev–Trinajstić information content (AvgIpc) is 3.44. The molecule has 0 unspecified atom stereocenters. The van der Waals surface area contributed by atoms with Gasteiger partial charge in [0.2, 0.25) is 5.91 Å². The monoisotopic (exact) mass is 486 g/mol. The van der Waals surface area contributed by atoms with E-state index in [4.69, 9.17) is 11.6 Å². The number of halogens is 1. The number of amides is 1. The number of carbonyl (C=O) groups excluding carboxylic acids is 1. The van der Waals surface area contributed by atoms with Gasteiger partial charge in [-0.1, -0.05) is 53.3 Å². The highest BCUT2D eigenvalue weighted by Crippen LogP contribution is 2.34. The van der Waals surface area contributed by atoms with E-state index < -0.39 is 0 Å². The highest BCUT2D eigenvalue weighted by Gasteiger charge is 2.16. The first-order chi connectivity index (χ1) is 15.1. The molecule has 9 heteroatoms. The number of nitrogens with zero attached hydrogens (tertiary/aromatic N) is 3. The number of hydrogen-bond acceptors (Lipinski definition) is 6. The van der Waals surface area contributed by atoms with Crippen molar-refractivity contribution in [1.82, 2.24) is 14.8 Å². The predicted molar refractivity (Wildman–Crippen MR) is 130 cm³/mol. The molecule has 2 aromatic carbocycles. The fourth-order valence-electron chi connectivity index (χ4n) is 2.87. The first-order valence-corrected chi connectivity index (χ1v) is 12.6. The molecule has 1 N–H and O–H groups in total. The lowest BCUT2D eigenvalue weighted by atomic mass is 10.3. The molecule has 31 heavy (non-hydrogen) atoms. The Kier molecular flexibility index (Phi) is 7.34. The number of thiophene rings is 1. The lowest BCUT2D eigenvalue weighted by molar-refractivity contribution is -0.113. The summed E-state index contributed by atoms with van der Waals surface area (Å²) in [5.74, 6) is 1.00. The molecular formula is C22H19ClN4OS3. The van der Waals surface area contributed by atoms with E-state index in [1.165, 1.54) is 11.8 Å². The number of rotatable bonds is 8. The first-order valence-electron chi connectivity index (χ1n) is 9.56. The normalized spacial score (nSPS) is 10.9. The zero-order valence-corrected chi connectivity index (χ0v) is 19.8. The number of benzene rings is 2. The molecule has 5 nitrogen and oxygen atoms in total. The second-order valence-corrected chi connectivity index (χ2v) is 9.86. The summed E-state index contributed by atoms with van der Waals surface area (Å²) in [5, 5.41) is 15.1. The van der Waals surface area contributed by atoms with Crippen LogP contribution in [0.15, 0.2) is 81.0 Å². The van der Waals surface area contributed by atoms with Crippen LogP contribution >= 0.6 is 46.5 Å². The summed E-state index contributed by atoms with van der Waals surface area (Å²) in [7, 11) is 0. The summed E-state index contributed by atoms with van der Waals surface area (Å²) in [5.41, 5.74) is 0.782. The van der Waals surface area contributed by atoms with Gasteiger partial charge in [-0.15, -0.1) is 21.5 Å². The Morgan fingerprint density at radius 2 is 1.90 bits per heavy atom. The van der Waals surface area contributed by atoms with Crippen LogP contribution < -0.4 is 5.32 Å². The molecule has 158 valence electrons. The van der Waals surface area contributed by atoms with Gasteiger partial charge in [-0.05, 0) is 54.8 Å². The average molecular weight is 487 g/mol. The van der Waals surface area contributed by atoms with Crippen molar-refractivity contribution in [2.24, 2.45) is 0 Å².